The highest BCUT2D eigenvalue weighted by Gasteiger charge is 2.92. The van der Waals surface area contributed by atoms with Crippen molar-refractivity contribution in [1.82, 2.24) is 0 Å². The largest absolute Gasteiger partial charge is 0.466 e. The number of ether oxygens (including phenoxy) is 2. The zero-order valence-electron chi connectivity index (χ0n) is 11.7. The van der Waals surface area contributed by atoms with Gasteiger partial charge in [-0.3, -0.25) is 9.59 Å². The van der Waals surface area contributed by atoms with E-state index in [4.69, 9.17) is 9.47 Å². The van der Waals surface area contributed by atoms with Crippen LogP contribution in [0.3, 0.4) is 0 Å². The van der Waals surface area contributed by atoms with Gasteiger partial charge in [0.25, 0.3) is 0 Å². The maximum absolute atomic E-state index is 12.0. The molecule has 20 heavy (non-hydrogen) atoms. The number of carbonyl (C=O) groups excluding carboxylic acids is 2. The van der Waals surface area contributed by atoms with E-state index in [0.29, 0.717) is 13.2 Å². The van der Waals surface area contributed by atoms with Gasteiger partial charge in [-0.2, -0.15) is 0 Å². The second-order valence-corrected chi connectivity index (χ2v) is 5.28. The van der Waals surface area contributed by atoms with Crippen molar-refractivity contribution in [2.45, 2.75) is 19.3 Å². The van der Waals surface area contributed by atoms with Gasteiger partial charge in [0.2, 0.25) is 0 Å². The molecule has 0 aromatic heterocycles. The summed E-state index contributed by atoms with van der Waals surface area (Å²) in [7, 11) is 0. The highest BCUT2D eigenvalue weighted by molar-refractivity contribution is 5.94. The molecule has 2 aliphatic carbocycles. The lowest BCUT2D eigenvalue weighted by Gasteiger charge is -2.17. The number of rotatable bonds is 5. The van der Waals surface area contributed by atoms with Crippen molar-refractivity contribution in [3.8, 4) is 0 Å². The van der Waals surface area contributed by atoms with Crippen LogP contribution in [0.4, 0.5) is 0 Å². The number of hydrogen-bond donors (Lipinski definition) is 0. The van der Waals surface area contributed by atoms with Gasteiger partial charge in [-0.1, -0.05) is 30.3 Å². The minimum atomic E-state index is -0.361. The Morgan fingerprint density at radius 1 is 1.00 bits per heavy atom. The Balaban J connectivity index is 1.84. The molecule has 2 saturated carbocycles. The maximum Gasteiger partial charge on any atom is 0.310 e. The molecule has 1 aromatic carbocycles. The lowest BCUT2D eigenvalue weighted by atomic mass is 9.90. The first-order valence-corrected chi connectivity index (χ1v) is 7.08. The fourth-order valence-electron chi connectivity index (χ4n) is 3.56. The van der Waals surface area contributed by atoms with Gasteiger partial charge >= 0.3 is 11.9 Å². The van der Waals surface area contributed by atoms with Crippen LogP contribution in [0.15, 0.2) is 30.3 Å². The Morgan fingerprint density at radius 2 is 1.50 bits per heavy atom. The lowest BCUT2D eigenvalue weighted by Crippen LogP contribution is -2.28. The summed E-state index contributed by atoms with van der Waals surface area (Å²) in [5, 5.41) is 0. The van der Waals surface area contributed by atoms with Crippen LogP contribution >= 0.6 is 0 Å². The summed E-state index contributed by atoms with van der Waals surface area (Å²) in [6, 6.07) is 9.75. The smallest absolute Gasteiger partial charge is 0.310 e. The van der Waals surface area contributed by atoms with Crippen molar-refractivity contribution in [3.63, 3.8) is 0 Å². The Kier molecular flexibility index (Phi) is 3.04. The van der Waals surface area contributed by atoms with Crippen molar-refractivity contribution >= 4 is 11.9 Å². The van der Waals surface area contributed by atoms with E-state index in [2.05, 4.69) is 0 Å². The average Bonchev–Trinajstić information content (AvgIpc) is 3.28. The Hall–Kier alpha value is -1.84. The van der Waals surface area contributed by atoms with E-state index in [-0.39, 0.29) is 35.1 Å². The van der Waals surface area contributed by atoms with E-state index < -0.39 is 0 Å². The average molecular weight is 274 g/mol. The minimum absolute atomic E-state index is 0.0583. The van der Waals surface area contributed by atoms with Crippen molar-refractivity contribution in [2.75, 3.05) is 13.2 Å². The molecule has 4 heteroatoms. The second kappa shape index (κ2) is 4.62. The summed E-state index contributed by atoms with van der Waals surface area (Å²) < 4.78 is 10.2. The zero-order valence-corrected chi connectivity index (χ0v) is 11.7. The van der Waals surface area contributed by atoms with E-state index in [9.17, 15) is 9.59 Å². The molecule has 2 aliphatic rings. The molecule has 1 aromatic rings. The van der Waals surface area contributed by atoms with Crippen LogP contribution in [0, 0.1) is 17.8 Å². The third kappa shape index (κ3) is 1.60. The molecular weight excluding hydrogens is 256 g/mol. The lowest BCUT2D eigenvalue weighted by molar-refractivity contribution is -0.151. The number of esters is 2. The van der Waals surface area contributed by atoms with Crippen LogP contribution in [0.2, 0.25) is 0 Å². The molecule has 2 atom stereocenters. The van der Waals surface area contributed by atoms with Gasteiger partial charge < -0.3 is 9.47 Å². The van der Waals surface area contributed by atoms with E-state index >= 15 is 0 Å². The van der Waals surface area contributed by atoms with Gasteiger partial charge in [0.1, 0.15) is 0 Å². The number of fused-ring (bicyclic) bond motifs is 1. The van der Waals surface area contributed by atoms with Gasteiger partial charge in [-0.15, -0.1) is 0 Å². The van der Waals surface area contributed by atoms with Crippen LogP contribution in [0.1, 0.15) is 19.4 Å². The third-order valence-corrected chi connectivity index (χ3v) is 4.44. The topological polar surface area (TPSA) is 52.6 Å². The molecule has 0 aliphatic heterocycles. The molecule has 0 N–H and O–H groups in total. The Labute approximate surface area is 118 Å². The molecule has 0 saturated heterocycles. The molecule has 0 bridgehead atoms. The number of carbonyl (C=O) groups is 2. The third-order valence-electron chi connectivity index (χ3n) is 4.44. The molecule has 2 unspecified atom stereocenters. The molecule has 106 valence electrons. The minimum Gasteiger partial charge on any atom is -0.466 e. The fraction of sp³-hybridized carbons (Fsp3) is 0.500. The zero-order chi connectivity index (χ0) is 14.3. The molecule has 0 spiro atoms. The molecular formula is C16H18O4. The van der Waals surface area contributed by atoms with Gasteiger partial charge in [-0.25, -0.2) is 0 Å². The van der Waals surface area contributed by atoms with E-state index in [1.165, 1.54) is 0 Å². The molecule has 2 fully saturated rings. The first kappa shape index (κ1) is 13.2. The summed E-state index contributed by atoms with van der Waals surface area (Å²) in [4.78, 5) is 24.0. The fourth-order valence-corrected chi connectivity index (χ4v) is 3.56. The van der Waals surface area contributed by atoms with Gasteiger partial charge in [0.15, 0.2) is 0 Å². The number of benzene rings is 1. The molecule has 0 heterocycles. The predicted molar refractivity (Wildman–Crippen MR) is 71.9 cm³/mol. The summed E-state index contributed by atoms with van der Waals surface area (Å²) in [6.45, 7) is 4.34. The summed E-state index contributed by atoms with van der Waals surface area (Å²) in [5.74, 6) is -0.690. The van der Waals surface area contributed by atoms with E-state index in [1.54, 1.807) is 13.8 Å². The van der Waals surface area contributed by atoms with E-state index in [1.807, 2.05) is 30.3 Å². The van der Waals surface area contributed by atoms with Gasteiger partial charge in [0.05, 0.1) is 25.0 Å². The van der Waals surface area contributed by atoms with Crippen molar-refractivity contribution in [1.29, 1.82) is 0 Å². The van der Waals surface area contributed by atoms with Crippen molar-refractivity contribution in [2.24, 2.45) is 17.8 Å². The summed E-state index contributed by atoms with van der Waals surface area (Å²) in [6.07, 6.45) is 0. The maximum atomic E-state index is 12.0. The monoisotopic (exact) mass is 274 g/mol. The van der Waals surface area contributed by atoms with Crippen molar-refractivity contribution < 1.29 is 19.1 Å². The first-order chi connectivity index (χ1) is 9.69. The van der Waals surface area contributed by atoms with Crippen LogP contribution < -0.4 is 0 Å². The molecule has 4 nitrogen and oxygen atoms in total. The quantitative estimate of drug-likeness (QED) is 0.770. The number of hydrogen-bond acceptors (Lipinski definition) is 4. The van der Waals surface area contributed by atoms with Crippen LogP contribution in [0.25, 0.3) is 0 Å². The Bertz CT molecular complexity index is 511. The Morgan fingerprint density at radius 3 is 1.95 bits per heavy atom. The van der Waals surface area contributed by atoms with Crippen LogP contribution in [0.5, 0.6) is 0 Å². The molecule has 3 rings (SSSR count). The normalized spacial score (nSPS) is 33.0. The van der Waals surface area contributed by atoms with Crippen LogP contribution in [-0.2, 0) is 24.5 Å². The molecule has 0 radical (unpaired) electrons. The molecule has 0 amide bonds. The SMILES string of the molecule is CCOC(=O)C1C2C(C(=O)OCC)C12c1ccccc1. The predicted octanol–water partition coefficient (Wildman–Crippen LogP) is 1.93. The van der Waals surface area contributed by atoms with Gasteiger partial charge in [-0.05, 0) is 25.3 Å². The highest BCUT2D eigenvalue weighted by Crippen LogP contribution is 2.84. The highest BCUT2D eigenvalue weighted by atomic mass is 16.5. The summed E-state index contributed by atoms with van der Waals surface area (Å²) in [5.41, 5.74) is 0.681. The van der Waals surface area contributed by atoms with Crippen molar-refractivity contribution in [3.05, 3.63) is 35.9 Å². The standard InChI is InChI=1S/C16H18O4/c1-3-19-14(17)12-11-13(15(18)20-4-2)16(11,12)10-8-6-5-7-9-10/h5-9,11-13H,3-4H2,1-2H3. The van der Waals surface area contributed by atoms with Gasteiger partial charge in [0, 0.05) is 5.41 Å². The van der Waals surface area contributed by atoms with E-state index in [0.717, 1.165) is 5.56 Å². The second-order valence-electron chi connectivity index (χ2n) is 5.28. The first-order valence-electron chi connectivity index (χ1n) is 7.08. The van der Waals surface area contributed by atoms with Crippen LogP contribution in [-0.4, -0.2) is 25.2 Å². The summed E-state index contributed by atoms with van der Waals surface area (Å²) >= 11 is 0.